The van der Waals surface area contributed by atoms with Gasteiger partial charge in [-0.05, 0) is 31.2 Å². The van der Waals surface area contributed by atoms with Crippen LogP contribution in [0.1, 0.15) is 25.7 Å². The lowest BCUT2D eigenvalue weighted by Crippen LogP contribution is -2.11. The van der Waals surface area contributed by atoms with Crippen LogP contribution < -0.4 is 11.1 Å². The summed E-state index contributed by atoms with van der Waals surface area (Å²) in [7, 11) is 0. The van der Waals surface area contributed by atoms with Crippen LogP contribution in [0.3, 0.4) is 0 Å². The molecule has 0 bridgehead atoms. The summed E-state index contributed by atoms with van der Waals surface area (Å²) in [4.78, 5) is 27.1. The number of carboxylic acid groups (broad SMARTS) is 1. The topological polar surface area (TPSA) is 105 Å². The summed E-state index contributed by atoms with van der Waals surface area (Å²) in [6.45, 7) is 1.70. The van der Waals surface area contributed by atoms with Gasteiger partial charge in [0.15, 0.2) is 5.13 Å². The predicted molar refractivity (Wildman–Crippen MR) is 72.6 cm³/mol. The van der Waals surface area contributed by atoms with Crippen LogP contribution in [0, 0.1) is 6.92 Å². The minimum absolute atomic E-state index is 0.163. The molecule has 0 fully saturated rings. The molecular formula is C12H11N3O3S. The predicted octanol–water partition coefficient (Wildman–Crippen LogP) is 1.98. The number of carbonyl (C=O) groups is 2. The Morgan fingerprint density at radius 2 is 1.95 bits per heavy atom. The first-order chi connectivity index (χ1) is 8.97. The third kappa shape index (κ3) is 2.89. The van der Waals surface area contributed by atoms with E-state index in [9.17, 15) is 9.59 Å². The maximum atomic E-state index is 12.0. The zero-order valence-electron chi connectivity index (χ0n) is 10.0. The largest absolute Gasteiger partial charge is 0.478 e. The fourth-order valence-corrected chi connectivity index (χ4v) is 2.24. The summed E-state index contributed by atoms with van der Waals surface area (Å²) in [5.74, 6) is -1.32. The Kier molecular flexibility index (Phi) is 3.48. The molecule has 0 aliphatic heterocycles. The highest BCUT2D eigenvalue weighted by molar-refractivity contribution is 7.17. The van der Waals surface area contributed by atoms with Gasteiger partial charge in [-0.2, -0.15) is 0 Å². The van der Waals surface area contributed by atoms with Gasteiger partial charge in [-0.3, -0.25) is 4.79 Å². The molecule has 1 heterocycles. The van der Waals surface area contributed by atoms with E-state index < -0.39 is 5.97 Å². The second-order valence-electron chi connectivity index (χ2n) is 3.80. The van der Waals surface area contributed by atoms with E-state index in [-0.39, 0.29) is 11.5 Å². The third-order valence-electron chi connectivity index (χ3n) is 2.41. The van der Waals surface area contributed by atoms with Crippen LogP contribution in [0.5, 0.6) is 0 Å². The number of nitrogens with two attached hydrogens (primary N) is 1. The van der Waals surface area contributed by atoms with E-state index in [0.717, 1.165) is 11.3 Å². The van der Waals surface area contributed by atoms with E-state index in [4.69, 9.17) is 10.8 Å². The molecule has 6 nitrogen and oxygen atoms in total. The Labute approximate surface area is 112 Å². The standard InChI is InChI=1S/C12H11N3O3S/c1-6-9(19-12(13)14-6)10(16)15-8-4-2-7(3-5-8)11(17)18/h2-5H,1H3,(H2,13,14)(H,15,16)(H,17,18). The number of nitrogens with one attached hydrogen (secondary N) is 1. The molecule has 0 saturated carbocycles. The van der Waals surface area contributed by atoms with E-state index in [1.807, 2.05) is 0 Å². The van der Waals surface area contributed by atoms with Crippen molar-refractivity contribution in [3.05, 3.63) is 40.4 Å². The highest BCUT2D eigenvalue weighted by Gasteiger charge is 2.14. The van der Waals surface area contributed by atoms with Crippen molar-refractivity contribution in [3.63, 3.8) is 0 Å². The van der Waals surface area contributed by atoms with E-state index >= 15 is 0 Å². The average molecular weight is 277 g/mol. The van der Waals surface area contributed by atoms with Crippen molar-refractivity contribution in [2.24, 2.45) is 0 Å². The molecule has 19 heavy (non-hydrogen) atoms. The number of hydrogen-bond donors (Lipinski definition) is 3. The van der Waals surface area contributed by atoms with Crippen LogP contribution in [0.2, 0.25) is 0 Å². The van der Waals surface area contributed by atoms with Crippen LogP contribution in [-0.4, -0.2) is 22.0 Å². The zero-order valence-corrected chi connectivity index (χ0v) is 10.8. The van der Waals surface area contributed by atoms with Crippen LogP contribution in [0.25, 0.3) is 0 Å². The number of hydrogen-bond acceptors (Lipinski definition) is 5. The Hall–Kier alpha value is -2.41. The molecule has 2 rings (SSSR count). The molecule has 2 aromatic rings. The molecule has 0 saturated heterocycles. The lowest BCUT2D eigenvalue weighted by Gasteiger charge is -2.04. The fourth-order valence-electron chi connectivity index (χ4n) is 1.51. The molecule has 0 spiro atoms. The summed E-state index contributed by atoms with van der Waals surface area (Å²) in [6.07, 6.45) is 0. The lowest BCUT2D eigenvalue weighted by molar-refractivity contribution is 0.0696. The highest BCUT2D eigenvalue weighted by Crippen LogP contribution is 2.21. The van der Waals surface area contributed by atoms with Gasteiger partial charge in [0.05, 0.1) is 11.3 Å². The van der Waals surface area contributed by atoms with Gasteiger partial charge in [-0.15, -0.1) is 0 Å². The van der Waals surface area contributed by atoms with E-state index in [2.05, 4.69) is 10.3 Å². The van der Waals surface area contributed by atoms with E-state index in [0.29, 0.717) is 21.4 Å². The number of carboxylic acids is 1. The number of anilines is 2. The van der Waals surface area contributed by atoms with Crippen molar-refractivity contribution in [2.45, 2.75) is 6.92 Å². The first kappa shape index (κ1) is 13.0. The van der Waals surface area contributed by atoms with Gasteiger partial charge in [0.25, 0.3) is 5.91 Å². The van der Waals surface area contributed by atoms with Crippen molar-refractivity contribution in [1.29, 1.82) is 0 Å². The van der Waals surface area contributed by atoms with Gasteiger partial charge in [0.2, 0.25) is 0 Å². The van der Waals surface area contributed by atoms with Gasteiger partial charge >= 0.3 is 5.97 Å². The first-order valence-corrected chi connectivity index (χ1v) is 6.16. The number of amides is 1. The smallest absolute Gasteiger partial charge is 0.335 e. The number of aryl methyl sites for hydroxylation is 1. The summed E-state index contributed by atoms with van der Waals surface area (Å²) in [5, 5.41) is 11.8. The molecule has 0 radical (unpaired) electrons. The Bertz CT molecular complexity index is 634. The minimum Gasteiger partial charge on any atom is -0.478 e. The maximum absolute atomic E-state index is 12.0. The quantitative estimate of drug-likeness (QED) is 0.795. The molecule has 1 aromatic carbocycles. The molecule has 1 aromatic heterocycles. The molecule has 0 aliphatic carbocycles. The number of benzene rings is 1. The summed E-state index contributed by atoms with van der Waals surface area (Å²) in [6, 6.07) is 5.90. The van der Waals surface area contributed by atoms with Crippen molar-refractivity contribution >= 4 is 34.0 Å². The third-order valence-corrected chi connectivity index (χ3v) is 3.39. The fraction of sp³-hybridized carbons (Fsp3) is 0.0833. The van der Waals surface area contributed by atoms with Crippen LogP contribution in [-0.2, 0) is 0 Å². The van der Waals surface area contributed by atoms with Crippen LogP contribution in [0.15, 0.2) is 24.3 Å². The van der Waals surface area contributed by atoms with Crippen molar-refractivity contribution < 1.29 is 14.7 Å². The second-order valence-corrected chi connectivity index (χ2v) is 4.83. The monoisotopic (exact) mass is 277 g/mol. The Balaban J connectivity index is 2.15. The summed E-state index contributed by atoms with van der Waals surface area (Å²) < 4.78 is 0. The maximum Gasteiger partial charge on any atom is 0.335 e. The number of nitrogens with zero attached hydrogens (tertiary/aromatic N) is 1. The molecule has 1 amide bonds. The number of nitrogen functional groups attached to an aromatic ring is 1. The van der Waals surface area contributed by atoms with E-state index in [1.54, 1.807) is 6.92 Å². The number of carbonyl (C=O) groups excluding carboxylic acids is 1. The van der Waals surface area contributed by atoms with Gasteiger partial charge in [0.1, 0.15) is 4.88 Å². The van der Waals surface area contributed by atoms with Gasteiger partial charge in [0, 0.05) is 5.69 Å². The van der Waals surface area contributed by atoms with Gasteiger partial charge in [-0.1, -0.05) is 11.3 Å². The molecular weight excluding hydrogens is 266 g/mol. The number of aromatic carboxylic acids is 1. The normalized spacial score (nSPS) is 10.2. The summed E-state index contributed by atoms with van der Waals surface area (Å²) in [5.41, 5.74) is 6.78. The average Bonchev–Trinajstić information content (AvgIpc) is 2.69. The van der Waals surface area contributed by atoms with Crippen molar-refractivity contribution in [1.82, 2.24) is 4.98 Å². The number of rotatable bonds is 3. The lowest BCUT2D eigenvalue weighted by atomic mass is 10.2. The molecule has 4 N–H and O–H groups in total. The second kappa shape index (κ2) is 5.07. The van der Waals surface area contributed by atoms with Crippen LogP contribution in [0.4, 0.5) is 10.8 Å². The van der Waals surface area contributed by atoms with Gasteiger partial charge < -0.3 is 16.2 Å². The van der Waals surface area contributed by atoms with Crippen LogP contribution >= 0.6 is 11.3 Å². The summed E-state index contributed by atoms with van der Waals surface area (Å²) >= 11 is 1.11. The molecule has 7 heteroatoms. The van der Waals surface area contributed by atoms with Crippen molar-refractivity contribution in [2.75, 3.05) is 11.1 Å². The van der Waals surface area contributed by atoms with Gasteiger partial charge in [-0.25, -0.2) is 9.78 Å². The van der Waals surface area contributed by atoms with Crippen molar-refractivity contribution in [3.8, 4) is 0 Å². The zero-order chi connectivity index (χ0) is 14.0. The molecule has 0 unspecified atom stereocenters. The van der Waals surface area contributed by atoms with E-state index in [1.165, 1.54) is 24.3 Å². The molecule has 0 atom stereocenters. The number of aromatic nitrogens is 1. The minimum atomic E-state index is -1.01. The number of thiazole rings is 1. The highest BCUT2D eigenvalue weighted by atomic mass is 32.1. The molecule has 0 aliphatic rings. The first-order valence-electron chi connectivity index (χ1n) is 5.35. The Morgan fingerprint density at radius 3 is 2.42 bits per heavy atom. The Morgan fingerprint density at radius 1 is 1.32 bits per heavy atom. The SMILES string of the molecule is Cc1nc(N)sc1C(=O)Nc1ccc(C(=O)O)cc1. The molecule has 98 valence electrons.